The Hall–Kier alpha value is -2.44. The van der Waals surface area contributed by atoms with Gasteiger partial charge in [0.25, 0.3) is 5.92 Å². The summed E-state index contributed by atoms with van der Waals surface area (Å²) in [7, 11) is 0. The molecule has 0 saturated carbocycles. The number of carbonyl (C=O) groups is 2. The number of aromatic nitrogens is 1. The minimum Gasteiger partial charge on any atom is -0.462 e. The number of nitrogens with zero attached hydrogens (tertiary/aromatic N) is 1. The zero-order valence-corrected chi connectivity index (χ0v) is 14.5. The minimum absolute atomic E-state index is 0.0333. The molecule has 0 fully saturated rings. The zero-order valence-electron chi connectivity index (χ0n) is 14.5. The number of rotatable bonds is 7. The van der Waals surface area contributed by atoms with Crippen molar-refractivity contribution in [3.05, 3.63) is 35.5 Å². The molecule has 1 aromatic carbocycles. The van der Waals surface area contributed by atoms with Gasteiger partial charge in [0, 0.05) is 17.3 Å². The van der Waals surface area contributed by atoms with E-state index in [9.17, 15) is 18.4 Å². The van der Waals surface area contributed by atoms with Gasteiger partial charge in [0.05, 0.1) is 25.3 Å². The first-order valence-corrected chi connectivity index (χ1v) is 8.18. The largest absolute Gasteiger partial charge is 0.462 e. The van der Waals surface area contributed by atoms with Crippen molar-refractivity contribution in [1.29, 1.82) is 0 Å². The number of hydrogen-bond donors (Lipinski definition) is 0. The fourth-order valence-corrected chi connectivity index (χ4v) is 2.48. The quantitative estimate of drug-likeness (QED) is 0.705. The van der Waals surface area contributed by atoms with Gasteiger partial charge in [0.1, 0.15) is 5.69 Å². The molecule has 0 aliphatic rings. The summed E-state index contributed by atoms with van der Waals surface area (Å²) in [5.74, 6) is -4.21. The molecule has 2 rings (SSSR count). The third-order valence-corrected chi connectivity index (χ3v) is 3.81. The van der Waals surface area contributed by atoms with Crippen LogP contribution in [0, 0.1) is 0 Å². The standard InChI is InChI=1S/C18H21F2NO4/c1-4-18(19,20)11-21-14-10-13(16(22)24-5-2)8-7-12(14)9-15(21)17(23)25-6-3/h7-10H,4-6,11H2,1-3H3. The SMILES string of the molecule is CCOC(=O)c1ccc2cc(C(=O)OCC)n(CC(F)(F)CC)c2c1. The molecular formula is C18H21F2NO4. The van der Waals surface area contributed by atoms with Crippen LogP contribution >= 0.6 is 0 Å². The second-order valence-electron chi connectivity index (χ2n) is 5.54. The van der Waals surface area contributed by atoms with Gasteiger partial charge in [-0.1, -0.05) is 13.0 Å². The predicted octanol–water partition coefficient (Wildman–Crippen LogP) is 4.04. The first-order valence-electron chi connectivity index (χ1n) is 8.18. The van der Waals surface area contributed by atoms with Crippen molar-refractivity contribution < 1.29 is 27.8 Å². The van der Waals surface area contributed by atoms with E-state index < -0.39 is 24.4 Å². The zero-order chi connectivity index (χ0) is 18.6. The smallest absolute Gasteiger partial charge is 0.354 e. The highest BCUT2D eigenvalue weighted by Gasteiger charge is 2.30. The van der Waals surface area contributed by atoms with Crippen LogP contribution in [0.4, 0.5) is 8.78 Å². The molecular weight excluding hydrogens is 332 g/mol. The summed E-state index contributed by atoms with van der Waals surface area (Å²) in [6.45, 7) is 4.37. The molecule has 0 aliphatic carbocycles. The maximum atomic E-state index is 14.0. The summed E-state index contributed by atoms with van der Waals surface area (Å²) < 4.78 is 39.1. The van der Waals surface area contributed by atoms with Gasteiger partial charge in [-0.2, -0.15) is 0 Å². The molecule has 1 aromatic heterocycles. The van der Waals surface area contributed by atoms with Crippen molar-refractivity contribution in [1.82, 2.24) is 4.57 Å². The average molecular weight is 353 g/mol. The van der Waals surface area contributed by atoms with E-state index >= 15 is 0 Å². The van der Waals surface area contributed by atoms with E-state index in [0.717, 1.165) is 0 Å². The van der Waals surface area contributed by atoms with E-state index in [1.54, 1.807) is 19.9 Å². The number of alkyl halides is 2. The van der Waals surface area contributed by atoms with Crippen molar-refractivity contribution in [2.75, 3.05) is 13.2 Å². The normalized spacial score (nSPS) is 11.6. The van der Waals surface area contributed by atoms with Gasteiger partial charge < -0.3 is 14.0 Å². The molecule has 25 heavy (non-hydrogen) atoms. The Labute approximate surface area is 144 Å². The van der Waals surface area contributed by atoms with E-state index in [-0.39, 0.29) is 30.9 Å². The van der Waals surface area contributed by atoms with Crippen LogP contribution in [-0.4, -0.2) is 35.6 Å². The fraction of sp³-hybridized carbons (Fsp3) is 0.444. The molecule has 5 nitrogen and oxygen atoms in total. The molecule has 1 heterocycles. The number of carbonyl (C=O) groups excluding carboxylic acids is 2. The summed E-state index contributed by atoms with van der Waals surface area (Å²) in [6.07, 6.45) is -0.369. The number of benzene rings is 1. The lowest BCUT2D eigenvalue weighted by Gasteiger charge is -2.18. The van der Waals surface area contributed by atoms with Gasteiger partial charge >= 0.3 is 11.9 Å². The lowest BCUT2D eigenvalue weighted by atomic mass is 10.1. The highest BCUT2D eigenvalue weighted by molar-refractivity contribution is 5.99. The average Bonchev–Trinajstić information content (AvgIpc) is 2.92. The van der Waals surface area contributed by atoms with E-state index in [4.69, 9.17) is 9.47 Å². The maximum absolute atomic E-state index is 14.0. The lowest BCUT2D eigenvalue weighted by molar-refractivity contribution is -0.0195. The van der Waals surface area contributed by atoms with Crippen LogP contribution in [0.5, 0.6) is 0 Å². The van der Waals surface area contributed by atoms with Gasteiger partial charge in [-0.05, 0) is 32.0 Å². The summed E-state index contributed by atoms with van der Waals surface area (Å²) >= 11 is 0. The van der Waals surface area contributed by atoms with E-state index in [1.807, 2.05) is 0 Å². The van der Waals surface area contributed by atoms with Crippen LogP contribution in [0.15, 0.2) is 24.3 Å². The van der Waals surface area contributed by atoms with Gasteiger partial charge in [-0.15, -0.1) is 0 Å². The first-order chi connectivity index (χ1) is 11.8. The van der Waals surface area contributed by atoms with Gasteiger partial charge in [-0.25, -0.2) is 18.4 Å². The molecule has 0 bridgehead atoms. The molecule has 2 aromatic rings. The molecule has 0 N–H and O–H groups in total. The monoisotopic (exact) mass is 353 g/mol. The second-order valence-corrected chi connectivity index (χ2v) is 5.54. The van der Waals surface area contributed by atoms with Gasteiger partial charge in [0.2, 0.25) is 0 Å². The molecule has 0 atom stereocenters. The van der Waals surface area contributed by atoms with Gasteiger partial charge in [0.15, 0.2) is 0 Å². The van der Waals surface area contributed by atoms with E-state index in [2.05, 4.69) is 0 Å². The van der Waals surface area contributed by atoms with Crippen molar-refractivity contribution in [3.8, 4) is 0 Å². The van der Waals surface area contributed by atoms with E-state index in [0.29, 0.717) is 10.9 Å². The second kappa shape index (κ2) is 7.63. The molecule has 7 heteroatoms. The number of ether oxygens (including phenoxy) is 2. The number of fused-ring (bicyclic) bond motifs is 1. The summed E-state index contributed by atoms with van der Waals surface area (Å²) in [6, 6.07) is 6.10. The third-order valence-electron chi connectivity index (χ3n) is 3.81. The Morgan fingerprint density at radius 2 is 1.68 bits per heavy atom. The molecule has 0 unspecified atom stereocenters. The fourth-order valence-electron chi connectivity index (χ4n) is 2.48. The van der Waals surface area contributed by atoms with Crippen LogP contribution in [0.25, 0.3) is 10.9 Å². The maximum Gasteiger partial charge on any atom is 0.354 e. The third kappa shape index (κ3) is 4.15. The molecule has 0 spiro atoms. The highest BCUT2D eigenvalue weighted by Crippen LogP contribution is 2.28. The Bertz CT molecular complexity index is 783. The van der Waals surface area contributed by atoms with Crippen molar-refractivity contribution in [2.24, 2.45) is 0 Å². The number of hydrogen-bond acceptors (Lipinski definition) is 4. The molecule has 0 amide bonds. The van der Waals surface area contributed by atoms with Crippen molar-refractivity contribution >= 4 is 22.8 Å². The number of halogens is 2. The molecule has 0 aliphatic heterocycles. The summed E-state index contributed by atoms with van der Waals surface area (Å²) in [5, 5.41) is 0.572. The predicted molar refractivity (Wildman–Crippen MR) is 89.1 cm³/mol. The highest BCUT2D eigenvalue weighted by atomic mass is 19.3. The molecule has 0 radical (unpaired) electrons. The molecule has 0 saturated heterocycles. The first kappa shape index (κ1) is 18.9. The Morgan fingerprint density at radius 3 is 2.28 bits per heavy atom. The summed E-state index contributed by atoms with van der Waals surface area (Å²) in [4.78, 5) is 24.1. The lowest BCUT2D eigenvalue weighted by Crippen LogP contribution is -2.25. The Morgan fingerprint density at radius 1 is 1.04 bits per heavy atom. The topological polar surface area (TPSA) is 57.5 Å². The van der Waals surface area contributed by atoms with Crippen molar-refractivity contribution in [3.63, 3.8) is 0 Å². The Kier molecular flexibility index (Phi) is 5.77. The van der Waals surface area contributed by atoms with Crippen LogP contribution in [0.1, 0.15) is 48.0 Å². The summed E-state index contributed by atoms with van der Waals surface area (Å²) in [5.41, 5.74) is 0.636. The van der Waals surface area contributed by atoms with E-state index in [1.165, 1.54) is 29.7 Å². The van der Waals surface area contributed by atoms with Crippen molar-refractivity contribution in [2.45, 2.75) is 39.7 Å². The van der Waals surface area contributed by atoms with Crippen LogP contribution in [0.2, 0.25) is 0 Å². The Balaban J connectivity index is 2.59. The van der Waals surface area contributed by atoms with Crippen LogP contribution < -0.4 is 0 Å². The minimum atomic E-state index is -2.99. The van der Waals surface area contributed by atoms with Crippen LogP contribution in [-0.2, 0) is 16.0 Å². The molecule has 136 valence electrons. The van der Waals surface area contributed by atoms with Crippen LogP contribution in [0.3, 0.4) is 0 Å². The van der Waals surface area contributed by atoms with Gasteiger partial charge in [-0.3, -0.25) is 0 Å². The number of esters is 2.